The van der Waals surface area contributed by atoms with Gasteiger partial charge in [-0.1, -0.05) is 47.5 Å². The predicted molar refractivity (Wildman–Crippen MR) is 100 cm³/mol. The molecule has 2 aromatic rings. The summed E-state index contributed by atoms with van der Waals surface area (Å²) in [5.74, 6) is 0. The quantitative estimate of drug-likeness (QED) is 0.704. The van der Waals surface area contributed by atoms with Crippen LogP contribution in [0.5, 0.6) is 0 Å². The smallest absolute Gasteiger partial charge is 0.291 e. The average molecular weight is 379 g/mol. The molecule has 1 saturated heterocycles. The van der Waals surface area contributed by atoms with Crippen LogP contribution in [0.1, 0.15) is 11.1 Å². The SMILES string of the molecule is Cc1ccc(Cl)c(Nc2ccccc2C=C2NC(=O)SC2=O)c1Cl. The summed E-state index contributed by atoms with van der Waals surface area (Å²) in [4.78, 5) is 23.1. The van der Waals surface area contributed by atoms with Gasteiger partial charge in [0.2, 0.25) is 5.12 Å². The first-order valence-electron chi connectivity index (χ1n) is 7.01. The number of amides is 1. The molecule has 1 amide bonds. The Hall–Kier alpha value is -1.95. The van der Waals surface area contributed by atoms with Crippen molar-refractivity contribution >= 4 is 62.8 Å². The summed E-state index contributed by atoms with van der Waals surface area (Å²) in [6.07, 6.45) is 1.63. The van der Waals surface area contributed by atoms with Crippen molar-refractivity contribution in [3.8, 4) is 0 Å². The Labute approximate surface area is 153 Å². The van der Waals surface area contributed by atoms with E-state index in [1.807, 2.05) is 37.3 Å². The van der Waals surface area contributed by atoms with Crippen molar-refractivity contribution in [2.24, 2.45) is 0 Å². The molecule has 2 N–H and O–H groups in total. The Kier molecular flexibility index (Phi) is 4.85. The summed E-state index contributed by atoms with van der Waals surface area (Å²) < 4.78 is 0. The lowest BCUT2D eigenvalue weighted by atomic mass is 10.1. The molecule has 1 aliphatic heterocycles. The minimum absolute atomic E-state index is 0.251. The first kappa shape index (κ1) is 16.9. The van der Waals surface area contributed by atoms with Crippen molar-refractivity contribution < 1.29 is 9.59 Å². The lowest BCUT2D eigenvalue weighted by Crippen LogP contribution is -2.10. The van der Waals surface area contributed by atoms with Crippen molar-refractivity contribution in [2.75, 3.05) is 5.32 Å². The minimum Gasteiger partial charge on any atom is -0.353 e. The molecule has 0 spiro atoms. The summed E-state index contributed by atoms with van der Waals surface area (Å²) in [6, 6.07) is 11.0. The molecule has 4 nitrogen and oxygen atoms in total. The number of anilines is 2. The van der Waals surface area contributed by atoms with Crippen LogP contribution in [0.25, 0.3) is 6.08 Å². The Morgan fingerprint density at radius 3 is 2.58 bits per heavy atom. The summed E-state index contributed by atoms with van der Waals surface area (Å²) >= 11 is 13.2. The molecule has 0 saturated carbocycles. The van der Waals surface area contributed by atoms with Gasteiger partial charge in [-0.05, 0) is 30.7 Å². The fraction of sp³-hybridized carbons (Fsp3) is 0.0588. The van der Waals surface area contributed by atoms with Gasteiger partial charge in [-0.3, -0.25) is 9.59 Å². The van der Waals surface area contributed by atoms with Crippen LogP contribution in [-0.4, -0.2) is 10.4 Å². The third kappa shape index (κ3) is 3.43. The van der Waals surface area contributed by atoms with Crippen molar-refractivity contribution in [1.82, 2.24) is 5.32 Å². The van der Waals surface area contributed by atoms with Crippen molar-refractivity contribution in [2.45, 2.75) is 6.92 Å². The van der Waals surface area contributed by atoms with E-state index in [1.165, 1.54) is 0 Å². The zero-order chi connectivity index (χ0) is 17.3. The second kappa shape index (κ2) is 6.89. The fourth-order valence-electron chi connectivity index (χ4n) is 2.22. The maximum atomic E-state index is 11.8. The Morgan fingerprint density at radius 2 is 1.88 bits per heavy atom. The van der Waals surface area contributed by atoms with E-state index in [1.54, 1.807) is 12.1 Å². The molecule has 0 radical (unpaired) electrons. The zero-order valence-electron chi connectivity index (χ0n) is 12.5. The largest absolute Gasteiger partial charge is 0.353 e. The van der Waals surface area contributed by atoms with Crippen LogP contribution >= 0.6 is 35.0 Å². The molecule has 3 rings (SSSR count). The molecule has 2 aromatic carbocycles. The predicted octanol–water partition coefficient (Wildman–Crippen LogP) is 5.37. The van der Waals surface area contributed by atoms with Gasteiger partial charge in [0, 0.05) is 23.0 Å². The number of hydrogen-bond acceptors (Lipinski definition) is 4. The highest BCUT2D eigenvalue weighted by molar-refractivity contribution is 8.27. The van der Waals surface area contributed by atoms with E-state index in [4.69, 9.17) is 23.2 Å². The summed E-state index contributed by atoms with van der Waals surface area (Å²) in [5.41, 5.74) is 3.20. The lowest BCUT2D eigenvalue weighted by molar-refractivity contribution is -0.107. The number of benzene rings is 2. The monoisotopic (exact) mass is 378 g/mol. The molecule has 24 heavy (non-hydrogen) atoms. The number of aryl methyl sites for hydroxylation is 1. The van der Waals surface area contributed by atoms with E-state index in [2.05, 4.69) is 10.6 Å². The van der Waals surface area contributed by atoms with Gasteiger partial charge in [0.1, 0.15) is 0 Å². The van der Waals surface area contributed by atoms with E-state index in [0.29, 0.717) is 27.5 Å². The molecule has 7 heteroatoms. The van der Waals surface area contributed by atoms with Crippen LogP contribution in [0.3, 0.4) is 0 Å². The summed E-state index contributed by atoms with van der Waals surface area (Å²) in [7, 11) is 0. The Balaban J connectivity index is 2.00. The van der Waals surface area contributed by atoms with Crippen LogP contribution in [0.2, 0.25) is 10.0 Å². The van der Waals surface area contributed by atoms with Gasteiger partial charge in [-0.15, -0.1) is 0 Å². The van der Waals surface area contributed by atoms with Crippen LogP contribution < -0.4 is 10.6 Å². The van der Waals surface area contributed by atoms with Crippen molar-refractivity contribution in [3.63, 3.8) is 0 Å². The summed E-state index contributed by atoms with van der Waals surface area (Å²) in [6.45, 7) is 1.89. The number of para-hydroxylation sites is 1. The maximum Gasteiger partial charge on any atom is 0.291 e. The molecule has 0 unspecified atom stereocenters. The van der Waals surface area contributed by atoms with Gasteiger partial charge in [-0.2, -0.15) is 0 Å². The molecule has 0 aliphatic carbocycles. The molecular formula is C17H12Cl2N2O2S. The number of thioether (sulfide) groups is 1. The molecule has 1 fully saturated rings. The molecule has 0 atom stereocenters. The molecule has 0 aromatic heterocycles. The van der Waals surface area contributed by atoms with Gasteiger partial charge < -0.3 is 10.6 Å². The number of hydrogen-bond donors (Lipinski definition) is 2. The van der Waals surface area contributed by atoms with E-state index >= 15 is 0 Å². The highest BCUT2D eigenvalue weighted by atomic mass is 35.5. The van der Waals surface area contributed by atoms with Crippen molar-refractivity contribution in [1.29, 1.82) is 0 Å². The number of carbonyl (C=O) groups is 2. The highest BCUT2D eigenvalue weighted by Gasteiger charge is 2.25. The second-order valence-electron chi connectivity index (χ2n) is 5.13. The second-order valence-corrected chi connectivity index (χ2v) is 6.86. The van der Waals surface area contributed by atoms with E-state index in [-0.39, 0.29) is 16.1 Å². The van der Waals surface area contributed by atoms with Gasteiger partial charge in [0.05, 0.1) is 21.4 Å². The topological polar surface area (TPSA) is 58.2 Å². The molecule has 1 heterocycles. The number of nitrogens with one attached hydrogen (secondary N) is 2. The average Bonchev–Trinajstić information content (AvgIpc) is 2.87. The first-order chi connectivity index (χ1) is 11.5. The van der Waals surface area contributed by atoms with Gasteiger partial charge in [-0.25, -0.2) is 0 Å². The fourth-order valence-corrected chi connectivity index (χ4v) is 3.23. The molecular weight excluding hydrogens is 367 g/mol. The van der Waals surface area contributed by atoms with Crippen molar-refractivity contribution in [3.05, 3.63) is 63.3 Å². The Morgan fingerprint density at radius 1 is 1.12 bits per heavy atom. The van der Waals surface area contributed by atoms with Crippen LogP contribution in [-0.2, 0) is 4.79 Å². The van der Waals surface area contributed by atoms with Crippen LogP contribution in [0, 0.1) is 6.92 Å². The first-order valence-corrected chi connectivity index (χ1v) is 8.58. The number of carbonyl (C=O) groups excluding carboxylic acids is 2. The summed E-state index contributed by atoms with van der Waals surface area (Å²) in [5, 5.41) is 6.09. The van der Waals surface area contributed by atoms with Gasteiger partial charge in [0.15, 0.2) is 0 Å². The van der Waals surface area contributed by atoms with E-state index < -0.39 is 0 Å². The van der Waals surface area contributed by atoms with Crippen LogP contribution in [0.15, 0.2) is 42.1 Å². The molecule has 122 valence electrons. The standard InChI is InChI=1S/C17H12Cl2N2O2S/c1-9-6-7-11(18)15(14(9)19)20-12-5-3-2-4-10(12)8-13-16(22)24-17(23)21-13/h2-8,20H,1H3,(H,21,23). The maximum absolute atomic E-state index is 11.8. The normalized spacial score (nSPS) is 15.7. The van der Waals surface area contributed by atoms with E-state index in [9.17, 15) is 9.59 Å². The molecule has 1 aliphatic rings. The lowest BCUT2D eigenvalue weighted by Gasteiger charge is -2.14. The van der Waals surface area contributed by atoms with Gasteiger partial charge >= 0.3 is 0 Å². The Bertz CT molecular complexity index is 881. The third-order valence-corrected chi connectivity index (χ3v) is 4.94. The van der Waals surface area contributed by atoms with Crippen LogP contribution in [0.4, 0.5) is 16.2 Å². The highest BCUT2D eigenvalue weighted by Crippen LogP contribution is 2.36. The molecule has 0 bridgehead atoms. The number of rotatable bonds is 3. The van der Waals surface area contributed by atoms with E-state index in [0.717, 1.165) is 16.8 Å². The van der Waals surface area contributed by atoms with Gasteiger partial charge in [0.25, 0.3) is 5.24 Å². The number of halogens is 2. The zero-order valence-corrected chi connectivity index (χ0v) is 14.9. The minimum atomic E-state index is -0.374. The third-order valence-electron chi connectivity index (χ3n) is 3.45.